The van der Waals surface area contributed by atoms with Crippen molar-refractivity contribution in [1.29, 1.82) is 0 Å². The van der Waals surface area contributed by atoms with Crippen LogP contribution in [0, 0.1) is 34.5 Å². The molecule has 4 aliphatic carbocycles. The van der Waals surface area contributed by atoms with Crippen molar-refractivity contribution in [2.24, 2.45) is 34.5 Å². The van der Waals surface area contributed by atoms with Gasteiger partial charge in [0, 0.05) is 11.8 Å². The van der Waals surface area contributed by atoms with Crippen molar-refractivity contribution >= 4 is 5.78 Å². The first kappa shape index (κ1) is 15.7. The minimum Gasteiger partial charge on any atom is -0.299 e. The van der Waals surface area contributed by atoms with E-state index in [0.717, 1.165) is 43.4 Å². The highest BCUT2D eigenvalue weighted by Crippen LogP contribution is 2.66. The van der Waals surface area contributed by atoms with Gasteiger partial charge in [-0.15, -0.1) is 6.58 Å². The number of hydrogen-bond donors (Lipinski definition) is 0. The van der Waals surface area contributed by atoms with Crippen molar-refractivity contribution in [1.82, 2.24) is 0 Å². The van der Waals surface area contributed by atoms with Gasteiger partial charge in [0.05, 0.1) is 0 Å². The van der Waals surface area contributed by atoms with Crippen LogP contribution in [0.5, 0.6) is 0 Å². The molecule has 23 heavy (non-hydrogen) atoms. The number of ketones is 1. The number of carbonyl (C=O) groups excluding carboxylic acids is 1. The highest BCUT2D eigenvalue weighted by Gasteiger charge is 2.60. The summed E-state index contributed by atoms with van der Waals surface area (Å²) in [6.45, 7) is 8.89. The molecule has 0 radical (unpaired) electrons. The van der Waals surface area contributed by atoms with Gasteiger partial charge in [-0.1, -0.05) is 31.6 Å². The van der Waals surface area contributed by atoms with Crippen LogP contribution < -0.4 is 0 Å². The molecular weight excluding hydrogens is 280 g/mol. The molecule has 0 aromatic rings. The van der Waals surface area contributed by atoms with Crippen LogP contribution in [-0.2, 0) is 4.79 Å². The average Bonchev–Trinajstić information content (AvgIpc) is 2.83. The van der Waals surface area contributed by atoms with Crippen LogP contribution in [0.1, 0.15) is 71.6 Å². The number of fused-ring (bicyclic) bond motifs is 5. The molecule has 3 fully saturated rings. The first-order valence-corrected chi connectivity index (χ1v) is 9.84. The zero-order valence-corrected chi connectivity index (χ0v) is 14.9. The third kappa shape index (κ3) is 2.07. The van der Waals surface area contributed by atoms with Crippen molar-refractivity contribution in [2.75, 3.05) is 0 Å². The molecule has 0 aromatic carbocycles. The van der Waals surface area contributed by atoms with Crippen LogP contribution in [-0.4, -0.2) is 5.78 Å². The summed E-state index contributed by atoms with van der Waals surface area (Å²) in [5.74, 6) is 3.48. The summed E-state index contributed by atoms with van der Waals surface area (Å²) >= 11 is 0. The molecule has 3 saturated carbocycles. The van der Waals surface area contributed by atoms with E-state index in [0.29, 0.717) is 17.1 Å². The van der Waals surface area contributed by atoms with E-state index in [2.05, 4.69) is 32.6 Å². The van der Waals surface area contributed by atoms with Crippen molar-refractivity contribution in [3.05, 3.63) is 24.3 Å². The van der Waals surface area contributed by atoms with Gasteiger partial charge in [-0.25, -0.2) is 0 Å². The summed E-state index contributed by atoms with van der Waals surface area (Å²) in [6.07, 6.45) is 15.5. The lowest BCUT2D eigenvalue weighted by atomic mass is 9.45. The molecule has 0 heterocycles. The monoisotopic (exact) mass is 312 g/mol. The molecule has 0 bridgehead atoms. The van der Waals surface area contributed by atoms with Gasteiger partial charge in [-0.3, -0.25) is 4.79 Å². The fourth-order valence-corrected chi connectivity index (χ4v) is 7.12. The second-order valence-electron chi connectivity index (χ2n) is 9.24. The van der Waals surface area contributed by atoms with Crippen LogP contribution in [0.2, 0.25) is 0 Å². The van der Waals surface area contributed by atoms with Crippen molar-refractivity contribution in [3.63, 3.8) is 0 Å². The maximum Gasteiger partial charge on any atom is 0.139 e. The molecule has 0 saturated heterocycles. The number of hydrogen-bond acceptors (Lipinski definition) is 1. The average molecular weight is 312 g/mol. The Labute approximate surface area is 141 Å². The van der Waals surface area contributed by atoms with E-state index in [1.807, 2.05) is 0 Å². The summed E-state index contributed by atoms with van der Waals surface area (Å²) in [4.78, 5) is 12.6. The summed E-state index contributed by atoms with van der Waals surface area (Å²) in [5, 5.41) is 0. The Hall–Kier alpha value is -0.850. The van der Waals surface area contributed by atoms with E-state index >= 15 is 0 Å². The fourth-order valence-electron chi connectivity index (χ4n) is 7.12. The quantitative estimate of drug-likeness (QED) is 0.597. The molecule has 0 N–H and O–H groups in total. The maximum atomic E-state index is 12.6. The van der Waals surface area contributed by atoms with E-state index in [9.17, 15) is 4.79 Å². The van der Waals surface area contributed by atoms with Crippen LogP contribution in [0.4, 0.5) is 0 Å². The molecule has 126 valence electrons. The van der Waals surface area contributed by atoms with Crippen LogP contribution in [0.3, 0.4) is 0 Å². The molecule has 0 amide bonds. The maximum absolute atomic E-state index is 12.6. The minimum atomic E-state index is -0.00711. The lowest BCUT2D eigenvalue weighted by molar-refractivity contribution is -0.134. The highest BCUT2D eigenvalue weighted by molar-refractivity contribution is 5.87. The van der Waals surface area contributed by atoms with Gasteiger partial charge in [0.1, 0.15) is 5.78 Å². The Morgan fingerprint density at radius 3 is 2.78 bits per heavy atom. The number of Topliss-reactive ketones (excluding diaryl/α,β-unsaturated/α-hetero) is 1. The number of rotatable bonds is 2. The van der Waals surface area contributed by atoms with E-state index in [-0.39, 0.29) is 5.41 Å². The fraction of sp³-hybridized carbons (Fsp3) is 0.773. The van der Waals surface area contributed by atoms with Crippen molar-refractivity contribution < 1.29 is 4.79 Å². The van der Waals surface area contributed by atoms with E-state index in [1.165, 1.54) is 32.1 Å². The smallest absolute Gasteiger partial charge is 0.139 e. The second kappa shape index (κ2) is 5.33. The predicted molar refractivity (Wildman–Crippen MR) is 95.0 cm³/mol. The molecule has 1 nitrogen and oxygen atoms in total. The predicted octanol–water partition coefficient (Wildman–Crippen LogP) is 5.71. The van der Waals surface area contributed by atoms with Gasteiger partial charge in [0.25, 0.3) is 0 Å². The van der Waals surface area contributed by atoms with Crippen molar-refractivity contribution in [2.45, 2.75) is 71.6 Å². The summed E-state index contributed by atoms with van der Waals surface area (Å²) in [7, 11) is 0. The van der Waals surface area contributed by atoms with Gasteiger partial charge in [-0.2, -0.15) is 0 Å². The lowest BCUT2D eigenvalue weighted by Crippen LogP contribution is -2.53. The Kier molecular flexibility index (Phi) is 3.63. The van der Waals surface area contributed by atoms with Crippen LogP contribution >= 0.6 is 0 Å². The molecule has 1 heteroatoms. The Morgan fingerprint density at radius 1 is 1.22 bits per heavy atom. The third-order valence-electron chi connectivity index (χ3n) is 8.38. The van der Waals surface area contributed by atoms with Crippen LogP contribution in [0.15, 0.2) is 24.3 Å². The number of carbonyl (C=O) groups is 1. The summed E-state index contributed by atoms with van der Waals surface area (Å²) < 4.78 is 0. The number of allylic oxidation sites excluding steroid dienone is 3. The van der Waals surface area contributed by atoms with Crippen molar-refractivity contribution in [3.8, 4) is 0 Å². The van der Waals surface area contributed by atoms with Gasteiger partial charge in [0.2, 0.25) is 0 Å². The van der Waals surface area contributed by atoms with E-state index in [4.69, 9.17) is 0 Å². The SMILES string of the molecule is C=CC[C@@H]1CC2=CCCC[C@]2(C)C2CC[C@]3(C)C(=O)CCC3C21. The first-order chi connectivity index (χ1) is 11.0. The Bertz CT molecular complexity index is 558. The highest BCUT2D eigenvalue weighted by atomic mass is 16.1. The lowest BCUT2D eigenvalue weighted by Gasteiger charge is -2.59. The standard InChI is InChI=1S/C22H32O/c1-4-7-15-14-16-8-5-6-12-21(16,2)18-11-13-22(3)17(20(15)18)9-10-19(22)23/h4,8,15,17-18,20H,1,5-7,9-14H2,2-3H3/t15-,17?,18?,20?,21+,22+/m1/s1. The van der Waals surface area contributed by atoms with Gasteiger partial charge in [-0.05, 0) is 80.5 Å². The topological polar surface area (TPSA) is 17.1 Å². The van der Waals surface area contributed by atoms with E-state index in [1.54, 1.807) is 5.57 Å². The molecule has 0 aliphatic heterocycles. The normalized spacial score (nSPS) is 49.0. The molecule has 0 spiro atoms. The molecule has 4 rings (SSSR count). The van der Waals surface area contributed by atoms with E-state index < -0.39 is 0 Å². The Morgan fingerprint density at radius 2 is 2.00 bits per heavy atom. The molecule has 4 aliphatic rings. The minimum absolute atomic E-state index is 0.00711. The Balaban J connectivity index is 1.76. The molecule has 6 atom stereocenters. The zero-order valence-electron chi connectivity index (χ0n) is 14.9. The molecule has 3 unspecified atom stereocenters. The zero-order chi connectivity index (χ0) is 16.2. The third-order valence-corrected chi connectivity index (χ3v) is 8.38. The van der Waals surface area contributed by atoms with Crippen LogP contribution in [0.25, 0.3) is 0 Å². The van der Waals surface area contributed by atoms with Gasteiger partial charge < -0.3 is 0 Å². The second-order valence-corrected chi connectivity index (χ2v) is 9.24. The van der Waals surface area contributed by atoms with Gasteiger partial charge in [0.15, 0.2) is 0 Å². The largest absolute Gasteiger partial charge is 0.299 e. The molecular formula is C22H32O. The summed E-state index contributed by atoms with van der Waals surface area (Å²) in [6, 6.07) is 0. The molecule has 0 aromatic heterocycles. The first-order valence-electron chi connectivity index (χ1n) is 9.84. The van der Waals surface area contributed by atoms with Gasteiger partial charge >= 0.3 is 0 Å². The summed E-state index contributed by atoms with van der Waals surface area (Å²) in [5.41, 5.74) is 2.17.